The van der Waals surface area contributed by atoms with E-state index < -0.39 is 0 Å². The molecule has 130 valence electrons. The number of rotatable bonds is 5. The van der Waals surface area contributed by atoms with Crippen LogP contribution in [-0.4, -0.2) is 15.5 Å². The average Bonchev–Trinajstić information content (AvgIpc) is 3.25. The number of nitrogens with zero attached hydrogens (tertiary/aromatic N) is 2. The fraction of sp³-hybridized carbons (Fsp3) is 0.143. The summed E-state index contributed by atoms with van der Waals surface area (Å²) in [4.78, 5) is 17.9. The lowest BCUT2D eigenvalue weighted by molar-refractivity contribution is -0.121. The predicted molar refractivity (Wildman–Crippen MR) is 106 cm³/mol. The van der Waals surface area contributed by atoms with Crippen molar-refractivity contribution in [2.24, 2.45) is 0 Å². The highest BCUT2D eigenvalue weighted by atomic mass is 32.1. The molecular weight excluding hydrogens is 342 g/mol. The van der Waals surface area contributed by atoms with Crippen LogP contribution in [0.2, 0.25) is 0 Å². The number of benzene rings is 2. The Morgan fingerprint density at radius 2 is 1.88 bits per heavy atom. The van der Waals surface area contributed by atoms with Gasteiger partial charge in [-0.1, -0.05) is 48.5 Å². The molecule has 0 aliphatic heterocycles. The topological polar surface area (TPSA) is 46.9 Å². The maximum atomic E-state index is 12.6. The maximum absolute atomic E-state index is 12.6. The second-order valence-corrected chi connectivity index (χ2v) is 7.48. The van der Waals surface area contributed by atoms with Gasteiger partial charge in [0, 0.05) is 27.7 Å². The van der Waals surface area contributed by atoms with Gasteiger partial charge in [-0.05, 0) is 24.6 Å². The zero-order valence-corrected chi connectivity index (χ0v) is 15.3. The van der Waals surface area contributed by atoms with E-state index in [0.29, 0.717) is 6.54 Å². The molecule has 5 heteroatoms. The second kappa shape index (κ2) is 7.14. The number of nitrogens with one attached hydrogen (secondary N) is 1. The van der Waals surface area contributed by atoms with E-state index in [-0.39, 0.29) is 12.5 Å². The molecule has 1 N–H and O–H groups in total. The molecule has 0 fully saturated rings. The lowest BCUT2D eigenvalue weighted by Gasteiger charge is -2.11. The number of amides is 1. The molecule has 0 saturated heterocycles. The fourth-order valence-electron chi connectivity index (χ4n) is 3.10. The molecule has 2 heterocycles. The molecule has 4 rings (SSSR count). The van der Waals surface area contributed by atoms with Crippen molar-refractivity contribution in [2.45, 2.75) is 20.0 Å². The maximum Gasteiger partial charge on any atom is 0.240 e. The molecule has 4 aromatic rings. The Labute approximate surface area is 156 Å². The number of hydrogen-bond acceptors (Lipinski definition) is 3. The molecule has 2 aromatic carbocycles. The highest BCUT2D eigenvalue weighted by Gasteiger charge is 2.13. The van der Waals surface area contributed by atoms with Crippen LogP contribution in [0.15, 0.2) is 66.9 Å². The van der Waals surface area contributed by atoms with E-state index in [0.717, 1.165) is 32.0 Å². The van der Waals surface area contributed by atoms with Crippen molar-refractivity contribution in [2.75, 3.05) is 0 Å². The van der Waals surface area contributed by atoms with Crippen LogP contribution in [0.4, 0.5) is 0 Å². The average molecular weight is 361 g/mol. The molecular formula is C21H19N3OS. The van der Waals surface area contributed by atoms with Gasteiger partial charge in [0.25, 0.3) is 0 Å². The van der Waals surface area contributed by atoms with E-state index in [1.807, 2.05) is 43.5 Å². The van der Waals surface area contributed by atoms with Gasteiger partial charge in [-0.15, -0.1) is 11.3 Å². The minimum atomic E-state index is -0.00501. The van der Waals surface area contributed by atoms with Crippen molar-refractivity contribution in [1.29, 1.82) is 0 Å². The summed E-state index contributed by atoms with van der Waals surface area (Å²) in [5, 5.41) is 5.15. The molecule has 1 amide bonds. The third kappa shape index (κ3) is 3.39. The van der Waals surface area contributed by atoms with Gasteiger partial charge in [-0.25, -0.2) is 4.98 Å². The first-order chi connectivity index (χ1) is 12.7. The van der Waals surface area contributed by atoms with Gasteiger partial charge in [-0.3, -0.25) is 4.79 Å². The van der Waals surface area contributed by atoms with E-state index in [1.54, 1.807) is 11.3 Å². The van der Waals surface area contributed by atoms with Crippen LogP contribution in [-0.2, 0) is 17.9 Å². The van der Waals surface area contributed by atoms with Crippen LogP contribution in [0, 0.1) is 6.92 Å². The Morgan fingerprint density at radius 3 is 2.65 bits per heavy atom. The Balaban J connectivity index is 1.61. The summed E-state index contributed by atoms with van der Waals surface area (Å²) in [6, 6.07) is 20.5. The van der Waals surface area contributed by atoms with Crippen molar-refractivity contribution in [3.05, 3.63) is 76.7 Å². The summed E-state index contributed by atoms with van der Waals surface area (Å²) in [7, 11) is 0. The summed E-state index contributed by atoms with van der Waals surface area (Å²) in [6.07, 6.45) is 1.82. The zero-order chi connectivity index (χ0) is 17.9. The highest BCUT2D eigenvalue weighted by Crippen LogP contribution is 2.28. The highest BCUT2D eigenvalue weighted by molar-refractivity contribution is 7.11. The largest absolute Gasteiger partial charge is 0.350 e. The van der Waals surface area contributed by atoms with Gasteiger partial charge in [-0.2, -0.15) is 0 Å². The SMILES string of the molecule is Cc1ncc(CNC(=O)Cn2c(-c3ccccc3)cc3ccccc32)s1. The van der Waals surface area contributed by atoms with Crippen LogP contribution >= 0.6 is 11.3 Å². The number of para-hydroxylation sites is 1. The van der Waals surface area contributed by atoms with Gasteiger partial charge >= 0.3 is 0 Å². The third-order valence-corrected chi connectivity index (χ3v) is 5.22. The second-order valence-electron chi connectivity index (χ2n) is 6.16. The zero-order valence-electron chi connectivity index (χ0n) is 14.5. The number of carbonyl (C=O) groups excluding carboxylic acids is 1. The predicted octanol–water partition coefficient (Wildman–Crippen LogP) is 4.39. The Morgan fingerprint density at radius 1 is 1.12 bits per heavy atom. The first kappa shape index (κ1) is 16.5. The van der Waals surface area contributed by atoms with Gasteiger partial charge < -0.3 is 9.88 Å². The van der Waals surface area contributed by atoms with Crippen LogP contribution in [0.25, 0.3) is 22.2 Å². The minimum absolute atomic E-state index is 0.00501. The van der Waals surface area contributed by atoms with E-state index in [9.17, 15) is 4.79 Å². The van der Waals surface area contributed by atoms with Crippen molar-refractivity contribution in [3.63, 3.8) is 0 Å². The number of carbonyl (C=O) groups is 1. The van der Waals surface area contributed by atoms with Gasteiger partial charge in [0.2, 0.25) is 5.91 Å². The van der Waals surface area contributed by atoms with Gasteiger partial charge in [0.15, 0.2) is 0 Å². The first-order valence-corrected chi connectivity index (χ1v) is 9.34. The van der Waals surface area contributed by atoms with Crippen molar-refractivity contribution in [3.8, 4) is 11.3 Å². The monoisotopic (exact) mass is 361 g/mol. The van der Waals surface area contributed by atoms with Crippen LogP contribution in [0.5, 0.6) is 0 Å². The number of thiazole rings is 1. The molecule has 0 saturated carbocycles. The van der Waals surface area contributed by atoms with Crippen LogP contribution in [0.3, 0.4) is 0 Å². The summed E-state index contributed by atoms with van der Waals surface area (Å²) in [6.45, 7) is 2.77. The Hall–Kier alpha value is -2.92. The molecule has 0 radical (unpaired) electrons. The number of aromatic nitrogens is 2. The van der Waals surface area contributed by atoms with Crippen molar-refractivity contribution >= 4 is 28.1 Å². The Kier molecular flexibility index (Phi) is 4.54. The molecule has 0 unspecified atom stereocenters. The number of aryl methyl sites for hydroxylation is 1. The molecule has 2 aromatic heterocycles. The number of fused-ring (bicyclic) bond motifs is 1. The summed E-state index contributed by atoms with van der Waals surface area (Å²) in [5.41, 5.74) is 3.22. The molecule has 4 nitrogen and oxygen atoms in total. The van der Waals surface area contributed by atoms with Crippen LogP contribution in [0.1, 0.15) is 9.88 Å². The van der Waals surface area contributed by atoms with Crippen LogP contribution < -0.4 is 5.32 Å². The fourth-order valence-corrected chi connectivity index (χ4v) is 3.84. The quantitative estimate of drug-likeness (QED) is 0.573. The molecule has 0 atom stereocenters. The standard InChI is InChI=1S/C21H19N3OS/c1-15-22-12-18(26-15)13-23-21(25)14-24-19-10-6-5-9-17(19)11-20(24)16-7-3-2-4-8-16/h2-12H,13-14H2,1H3,(H,23,25). The first-order valence-electron chi connectivity index (χ1n) is 8.52. The summed E-state index contributed by atoms with van der Waals surface area (Å²) in [5.74, 6) is -0.00501. The third-order valence-electron chi connectivity index (χ3n) is 4.31. The van der Waals surface area contributed by atoms with Gasteiger partial charge in [0.05, 0.1) is 11.6 Å². The normalized spacial score (nSPS) is 11.0. The van der Waals surface area contributed by atoms with E-state index >= 15 is 0 Å². The molecule has 0 aliphatic carbocycles. The molecule has 26 heavy (non-hydrogen) atoms. The van der Waals surface area contributed by atoms with E-state index in [1.165, 1.54) is 0 Å². The molecule has 0 spiro atoms. The van der Waals surface area contributed by atoms with E-state index in [4.69, 9.17) is 0 Å². The number of hydrogen-bond donors (Lipinski definition) is 1. The lowest BCUT2D eigenvalue weighted by Crippen LogP contribution is -2.27. The lowest BCUT2D eigenvalue weighted by atomic mass is 10.1. The Bertz CT molecular complexity index is 1050. The van der Waals surface area contributed by atoms with Crippen molar-refractivity contribution in [1.82, 2.24) is 14.9 Å². The van der Waals surface area contributed by atoms with Crippen molar-refractivity contribution < 1.29 is 4.79 Å². The smallest absolute Gasteiger partial charge is 0.240 e. The van der Waals surface area contributed by atoms with E-state index in [2.05, 4.69) is 45.2 Å². The molecule has 0 aliphatic rings. The minimum Gasteiger partial charge on any atom is -0.350 e. The van der Waals surface area contributed by atoms with Gasteiger partial charge in [0.1, 0.15) is 6.54 Å². The molecule has 0 bridgehead atoms. The summed E-state index contributed by atoms with van der Waals surface area (Å²) < 4.78 is 2.08. The summed E-state index contributed by atoms with van der Waals surface area (Å²) >= 11 is 1.61.